The molecule has 0 saturated carbocycles. The molecule has 2 aromatic heterocycles. The Balaban J connectivity index is 1.12. The maximum Gasteiger partial charge on any atom is 0.407 e. The van der Waals surface area contributed by atoms with Crippen molar-refractivity contribution in [3.05, 3.63) is 83.9 Å². The van der Waals surface area contributed by atoms with Crippen molar-refractivity contribution in [2.24, 2.45) is 5.92 Å². The zero-order chi connectivity index (χ0) is 36.2. The number of hydrogen-bond donors (Lipinski definition) is 4. The summed E-state index contributed by atoms with van der Waals surface area (Å²) in [5.74, 6) is -1.16. The van der Waals surface area contributed by atoms with E-state index in [1.807, 2.05) is 13.8 Å². The second kappa shape index (κ2) is 15.3. The molecule has 3 atom stereocenters. The van der Waals surface area contributed by atoms with Gasteiger partial charge < -0.3 is 35.5 Å². The van der Waals surface area contributed by atoms with Crippen molar-refractivity contribution in [2.45, 2.75) is 51.7 Å². The number of rotatable bonds is 9. The van der Waals surface area contributed by atoms with E-state index in [0.29, 0.717) is 30.0 Å². The van der Waals surface area contributed by atoms with Crippen molar-refractivity contribution in [3.63, 3.8) is 0 Å². The summed E-state index contributed by atoms with van der Waals surface area (Å²) in [5.41, 5.74) is 1.76. The highest BCUT2D eigenvalue weighted by Crippen LogP contribution is 2.34. The van der Waals surface area contributed by atoms with Gasteiger partial charge in [-0.2, -0.15) is 0 Å². The van der Waals surface area contributed by atoms with E-state index in [2.05, 4.69) is 42.7 Å². The molecule has 0 bridgehead atoms. The van der Waals surface area contributed by atoms with E-state index in [1.165, 1.54) is 13.3 Å². The Morgan fingerprint density at radius 3 is 2.35 bits per heavy atom. The number of halogens is 2. The number of H-pyrrole nitrogens is 1. The molecule has 2 aromatic carbocycles. The van der Waals surface area contributed by atoms with Crippen LogP contribution in [0.2, 0.25) is 0 Å². The third-order valence-corrected chi connectivity index (χ3v) is 9.43. The van der Waals surface area contributed by atoms with E-state index >= 15 is 8.78 Å². The number of carbonyl (C=O) groups is 3. The van der Waals surface area contributed by atoms with E-state index in [0.717, 1.165) is 49.6 Å². The molecule has 3 unspecified atom stereocenters. The Morgan fingerprint density at radius 2 is 1.71 bits per heavy atom. The van der Waals surface area contributed by atoms with Gasteiger partial charge in [0.15, 0.2) is 0 Å². The highest BCUT2D eigenvalue weighted by atomic mass is 19.1. The monoisotopic (exact) mass is 700 g/mol. The van der Waals surface area contributed by atoms with Crippen LogP contribution in [0.4, 0.5) is 25.1 Å². The summed E-state index contributed by atoms with van der Waals surface area (Å²) in [5, 5.41) is 8.54. The van der Waals surface area contributed by atoms with Crippen LogP contribution in [0.1, 0.15) is 55.8 Å². The van der Waals surface area contributed by atoms with E-state index < -0.39 is 29.7 Å². The molecule has 3 amide bonds. The second-order valence-corrected chi connectivity index (χ2v) is 13.2. The molecule has 2 saturated heterocycles. The number of methoxy groups -OCH3 is 1. The molecular formula is C37H42F2N8O4. The molecule has 0 spiro atoms. The van der Waals surface area contributed by atoms with Gasteiger partial charge in [-0.3, -0.25) is 9.59 Å². The first kappa shape index (κ1) is 35.5. The number of ether oxygens (including phenoxy) is 1. The summed E-state index contributed by atoms with van der Waals surface area (Å²) in [6.45, 7) is 8.83. The zero-order valence-corrected chi connectivity index (χ0v) is 29.0. The number of imidazole rings is 1. The highest BCUT2D eigenvalue weighted by molar-refractivity contribution is 6.04. The molecule has 4 aromatic rings. The number of anilines is 2. The van der Waals surface area contributed by atoms with Crippen LogP contribution in [0, 0.1) is 17.6 Å². The highest BCUT2D eigenvalue weighted by Gasteiger charge is 2.37. The van der Waals surface area contributed by atoms with E-state index in [9.17, 15) is 14.4 Å². The van der Waals surface area contributed by atoms with E-state index in [1.54, 1.807) is 47.5 Å². The molecule has 4 heterocycles. The number of aromatic amines is 1. The third-order valence-electron chi connectivity index (χ3n) is 9.43. The van der Waals surface area contributed by atoms with Gasteiger partial charge in [-0.25, -0.2) is 23.5 Å². The van der Waals surface area contributed by atoms with Crippen molar-refractivity contribution in [1.82, 2.24) is 30.5 Å². The van der Waals surface area contributed by atoms with Crippen LogP contribution in [0.5, 0.6) is 0 Å². The first-order valence-corrected chi connectivity index (χ1v) is 17.1. The normalized spacial score (nSPS) is 18.1. The minimum Gasteiger partial charge on any atom is -0.453 e. The van der Waals surface area contributed by atoms with Gasteiger partial charge in [-0.15, -0.1) is 0 Å². The maximum absolute atomic E-state index is 15.4. The fraction of sp³-hybridized carbons (Fsp3) is 0.378. The Bertz CT molecular complexity index is 1860. The number of amides is 3. The molecule has 268 valence electrons. The number of pyridine rings is 1. The van der Waals surface area contributed by atoms with E-state index in [-0.39, 0.29) is 40.7 Å². The van der Waals surface area contributed by atoms with Gasteiger partial charge in [0.2, 0.25) is 5.91 Å². The van der Waals surface area contributed by atoms with Crippen LogP contribution in [0.15, 0.2) is 60.9 Å². The summed E-state index contributed by atoms with van der Waals surface area (Å²) in [4.78, 5) is 54.4. The van der Waals surface area contributed by atoms with Crippen molar-refractivity contribution in [1.29, 1.82) is 0 Å². The van der Waals surface area contributed by atoms with Gasteiger partial charge in [0.25, 0.3) is 5.91 Å². The Labute approximate surface area is 295 Å². The molecule has 4 N–H and O–H groups in total. The number of likely N-dealkylation sites (tertiary alicyclic amines) is 1. The SMILES string of the molecule is COC(=O)NC(C(=O)N1CCCC1c1ncc(-c2ccc(-c3c(F)cc(NC(=O)c4ccc(N5CCNCC5C)nc4)cc3F)cc2)[nH]1)C(C)C. The van der Waals surface area contributed by atoms with Crippen LogP contribution >= 0.6 is 0 Å². The lowest BCUT2D eigenvalue weighted by Crippen LogP contribution is -2.51. The summed E-state index contributed by atoms with van der Waals surface area (Å²) < 4.78 is 35.4. The lowest BCUT2D eigenvalue weighted by Gasteiger charge is -2.34. The van der Waals surface area contributed by atoms with Crippen LogP contribution in [0.25, 0.3) is 22.4 Å². The van der Waals surface area contributed by atoms with E-state index in [4.69, 9.17) is 4.74 Å². The van der Waals surface area contributed by atoms with Crippen LogP contribution in [-0.2, 0) is 9.53 Å². The minimum absolute atomic E-state index is 0.0135. The molecule has 2 fully saturated rings. The van der Waals surface area contributed by atoms with Crippen LogP contribution in [-0.4, -0.2) is 83.1 Å². The topological polar surface area (TPSA) is 145 Å². The number of piperazine rings is 1. The first-order valence-electron chi connectivity index (χ1n) is 17.1. The number of aromatic nitrogens is 3. The molecule has 0 radical (unpaired) electrons. The van der Waals surface area contributed by atoms with Gasteiger partial charge >= 0.3 is 6.09 Å². The lowest BCUT2D eigenvalue weighted by molar-refractivity contribution is -0.135. The number of nitrogens with one attached hydrogen (secondary N) is 4. The fourth-order valence-corrected chi connectivity index (χ4v) is 6.66. The number of benzene rings is 2. The summed E-state index contributed by atoms with van der Waals surface area (Å²) >= 11 is 0. The summed E-state index contributed by atoms with van der Waals surface area (Å²) in [6, 6.07) is 11.5. The maximum atomic E-state index is 15.4. The van der Waals surface area contributed by atoms with Gasteiger partial charge in [0.05, 0.1) is 36.2 Å². The number of alkyl carbamates (subject to hydrolysis) is 1. The number of hydrogen-bond acceptors (Lipinski definition) is 8. The summed E-state index contributed by atoms with van der Waals surface area (Å²) in [6.07, 6.45) is 3.94. The molecule has 0 aliphatic carbocycles. The Hall–Kier alpha value is -5.37. The Kier molecular flexibility index (Phi) is 10.6. The average Bonchev–Trinajstić information content (AvgIpc) is 3.81. The molecule has 2 aliphatic heterocycles. The quantitative estimate of drug-likeness (QED) is 0.179. The zero-order valence-electron chi connectivity index (χ0n) is 29.0. The molecule has 14 heteroatoms. The van der Waals surface area contributed by atoms with Crippen molar-refractivity contribution in [3.8, 4) is 22.4 Å². The number of nitrogens with zero attached hydrogens (tertiary/aromatic N) is 4. The second-order valence-electron chi connectivity index (χ2n) is 13.2. The van der Waals surface area contributed by atoms with Crippen molar-refractivity contribution < 1.29 is 27.9 Å². The smallest absolute Gasteiger partial charge is 0.407 e. The molecule has 51 heavy (non-hydrogen) atoms. The first-order chi connectivity index (χ1) is 24.5. The van der Waals surface area contributed by atoms with Gasteiger partial charge in [-0.05, 0) is 61.1 Å². The van der Waals surface area contributed by atoms with Gasteiger partial charge in [0, 0.05) is 44.1 Å². The average molecular weight is 701 g/mol. The van der Waals surface area contributed by atoms with Gasteiger partial charge in [0.1, 0.15) is 29.3 Å². The Morgan fingerprint density at radius 1 is 0.980 bits per heavy atom. The van der Waals surface area contributed by atoms with Crippen LogP contribution in [0.3, 0.4) is 0 Å². The standard InChI is InChI=1S/C37H42F2N8O4/c1-21(2)33(45-37(50)51-4)36(49)47-14-5-6-30(47)34-42-20-29(44-34)23-7-9-24(10-8-23)32-27(38)16-26(17-28(32)39)43-35(48)25-11-12-31(41-19-25)46-15-13-40-18-22(46)3/h7-12,16-17,19-22,30,33,40H,5-6,13-15,18H2,1-4H3,(H,42,44)(H,43,48)(H,45,50). The number of carbonyl (C=O) groups excluding carboxylic acids is 3. The lowest BCUT2D eigenvalue weighted by atomic mass is 10.0. The van der Waals surface area contributed by atoms with Crippen molar-refractivity contribution in [2.75, 3.05) is 43.5 Å². The predicted molar refractivity (Wildman–Crippen MR) is 189 cm³/mol. The van der Waals surface area contributed by atoms with Gasteiger partial charge in [-0.1, -0.05) is 38.1 Å². The van der Waals surface area contributed by atoms with Crippen molar-refractivity contribution >= 4 is 29.4 Å². The molecular weight excluding hydrogens is 658 g/mol. The van der Waals surface area contributed by atoms with Crippen LogP contribution < -0.4 is 20.9 Å². The third kappa shape index (κ3) is 7.70. The largest absolute Gasteiger partial charge is 0.453 e. The molecule has 2 aliphatic rings. The predicted octanol–water partition coefficient (Wildman–Crippen LogP) is 5.51. The minimum atomic E-state index is -0.824. The molecule has 12 nitrogen and oxygen atoms in total. The fourth-order valence-electron chi connectivity index (χ4n) is 6.66. The molecule has 6 rings (SSSR count). The summed E-state index contributed by atoms with van der Waals surface area (Å²) in [7, 11) is 1.26.